The molecule has 5 heterocycles. The maximum atomic E-state index is 6.29. The first kappa shape index (κ1) is 18.0. The molecule has 10 nitrogen and oxygen atoms in total. The fourth-order valence-electron chi connectivity index (χ4n) is 3.60. The van der Waals surface area contributed by atoms with Crippen molar-refractivity contribution in [2.75, 3.05) is 23.8 Å². The Kier molecular flexibility index (Phi) is 4.62. The number of H-pyrrole nitrogens is 1. The third-order valence-electron chi connectivity index (χ3n) is 5.14. The lowest BCUT2D eigenvalue weighted by Gasteiger charge is -2.22. The third kappa shape index (κ3) is 3.55. The zero-order valence-corrected chi connectivity index (χ0v) is 16.6. The number of fused-ring (bicyclic) bond motifs is 1. The Labute approximate surface area is 170 Å². The van der Waals surface area contributed by atoms with Gasteiger partial charge in [0.2, 0.25) is 0 Å². The summed E-state index contributed by atoms with van der Waals surface area (Å²) in [6, 6.07) is 2.44. The molecule has 1 aliphatic heterocycles. The van der Waals surface area contributed by atoms with E-state index in [1.807, 2.05) is 23.1 Å². The molecule has 0 spiro atoms. The van der Waals surface area contributed by atoms with Crippen LogP contribution in [0.3, 0.4) is 0 Å². The summed E-state index contributed by atoms with van der Waals surface area (Å²) in [7, 11) is 0. The van der Waals surface area contributed by atoms with Gasteiger partial charge in [-0.3, -0.25) is 14.8 Å². The summed E-state index contributed by atoms with van der Waals surface area (Å²) in [5.41, 5.74) is 8.67. The largest absolute Gasteiger partial charge is 0.381 e. The molecule has 1 saturated heterocycles. The van der Waals surface area contributed by atoms with Gasteiger partial charge in [-0.25, -0.2) is 15.8 Å². The predicted molar refractivity (Wildman–Crippen MR) is 113 cm³/mol. The number of thiophene rings is 1. The molecule has 11 heteroatoms. The van der Waals surface area contributed by atoms with Crippen LogP contribution in [0.2, 0.25) is 0 Å². The number of nitrogens with zero attached hydrogens (tertiary/aromatic N) is 6. The average Bonchev–Trinajstić information content (AvgIpc) is 3.45. The Balaban J connectivity index is 1.38. The minimum absolute atomic E-state index is 0.297. The van der Waals surface area contributed by atoms with E-state index in [1.54, 1.807) is 23.7 Å². The highest BCUT2D eigenvalue weighted by Crippen LogP contribution is 2.28. The van der Waals surface area contributed by atoms with Gasteiger partial charge in [0.25, 0.3) is 0 Å². The van der Waals surface area contributed by atoms with E-state index in [1.165, 1.54) is 5.01 Å². The number of hydrazine groups is 1. The summed E-state index contributed by atoms with van der Waals surface area (Å²) in [5.74, 6) is 7.04. The van der Waals surface area contributed by atoms with Gasteiger partial charge in [0.15, 0.2) is 11.6 Å². The summed E-state index contributed by atoms with van der Waals surface area (Å²) in [5, 5.41) is 16.4. The third-order valence-corrected chi connectivity index (χ3v) is 6.19. The first-order valence-corrected chi connectivity index (χ1v) is 10.3. The molecule has 4 aromatic rings. The van der Waals surface area contributed by atoms with Crippen LogP contribution < -0.4 is 21.9 Å². The number of piperidine rings is 1. The summed E-state index contributed by atoms with van der Waals surface area (Å²) in [6.07, 6.45) is 9.45. The van der Waals surface area contributed by atoms with Crippen LogP contribution in [0.1, 0.15) is 23.8 Å². The summed E-state index contributed by atoms with van der Waals surface area (Å²) in [4.78, 5) is 10.1. The standard InChI is InChI=1S/C18H22N10S/c19-17-18(27(20)10-13-5-14-16(29-13)8-23-26-14)25-15(7-22-17)11-6-24-28(9-11)12-1-3-21-4-2-12/h5-9,12,21H,1-4,10,20H2,(H2,19,22)(H,23,26). The van der Waals surface area contributed by atoms with Crippen molar-refractivity contribution in [2.24, 2.45) is 5.84 Å². The van der Waals surface area contributed by atoms with Gasteiger partial charge in [0.1, 0.15) is 0 Å². The molecule has 1 aliphatic rings. The zero-order valence-electron chi connectivity index (χ0n) is 15.7. The van der Waals surface area contributed by atoms with Gasteiger partial charge in [-0.1, -0.05) is 0 Å². The molecule has 0 radical (unpaired) electrons. The lowest BCUT2D eigenvalue weighted by atomic mass is 10.1. The second-order valence-electron chi connectivity index (χ2n) is 7.14. The Morgan fingerprint density at radius 3 is 2.93 bits per heavy atom. The van der Waals surface area contributed by atoms with Crippen LogP contribution in [-0.2, 0) is 6.54 Å². The molecule has 0 amide bonds. The summed E-state index contributed by atoms with van der Waals surface area (Å²) in [6.45, 7) is 2.51. The molecule has 150 valence electrons. The molecule has 0 saturated carbocycles. The highest BCUT2D eigenvalue weighted by atomic mass is 32.1. The number of rotatable bonds is 5. The van der Waals surface area contributed by atoms with Crippen LogP contribution in [0.25, 0.3) is 21.5 Å². The van der Waals surface area contributed by atoms with E-state index in [-0.39, 0.29) is 0 Å². The van der Waals surface area contributed by atoms with Gasteiger partial charge < -0.3 is 11.1 Å². The monoisotopic (exact) mass is 410 g/mol. The molecule has 1 fully saturated rings. The van der Waals surface area contributed by atoms with Crippen LogP contribution in [0.4, 0.5) is 11.6 Å². The SMILES string of the molecule is Nc1ncc(-c2cnn(C3CCNCC3)c2)nc1N(N)Cc1cc2[nH]ncc2s1. The molecular weight excluding hydrogens is 388 g/mol. The number of hydrogen-bond acceptors (Lipinski definition) is 9. The highest BCUT2D eigenvalue weighted by Gasteiger charge is 2.18. The number of anilines is 2. The Morgan fingerprint density at radius 2 is 2.10 bits per heavy atom. The number of nitrogens with two attached hydrogens (primary N) is 2. The summed E-state index contributed by atoms with van der Waals surface area (Å²) < 4.78 is 3.11. The average molecular weight is 411 g/mol. The topological polar surface area (TPSA) is 140 Å². The second-order valence-corrected chi connectivity index (χ2v) is 8.31. The van der Waals surface area contributed by atoms with Gasteiger partial charge in [0.05, 0.1) is 47.1 Å². The summed E-state index contributed by atoms with van der Waals surface area (Å²) >= 11 is 1.63. The van der Waals surface area contributed by atoms with Crippen molar-refractivity contribution in [2.45, 2.75) is 25.4 Å². The maximum absolute atomic E-state index is 6.29. The molecular formula is C18H22N10S. The number of nitrogens with one attached hydrogen (secondary N) is 2. The van der Waals surface area contributed by atoms with E-state index < -0.39 is 0 Å². The van der Waals surface area contributed by atoms with Crippen molar-refractivity contribution in [3.63, 3.8) is 0 Å². The van der Waals surface area contributed by atoms with Crippen molar-refractivity contribution in [1.29, 1.82) is 0 Å². The van der Waals surface area contributed by atoms with Crippen LogP contribution >= 0.6 is 11.3 Å². The molecule has 29 heavy (non-hydrogen) atoms. The maximum Gasteiger partial charge on any atom is 0.186 e. The molecule has 4 aromatic heterocycles. The molecule has 0 unspecified atom stereocenters. The number of nitrogen functional groups attached to an aromatic ring is 1. The fourth-order valence-corrected chi connectivity index (χ4v) is 4.59. The van der Waals surface area contributed by atoms with Crippen LogP contribution in [0, 0.1) is 0 Å². The number of hydrogen-bond donors (Lipinski definition) is 4. The number of aromatic amines is 1. The van der Waals surface area contributed by atoms with Gasteiger partial charge in [0, 0.05) is 16.6 Å². The van der Waals surface area contributed by atoms with Crippen LogP contribution in [0.15, 0.2) is 30.9 Å². The minimum atomic E-state index is 0.297. The van der Waals surface area contributed by atoms with E-state index in [9.17, 15) is 0 Å². The number of aromatic nitrogens is 6. The van der Waals surface area contributed by atoms with Gasteiger partial charge in [-0.15, -0.1) is 11.3 Å². The van der Waals surface area contributed by atoms with Crippen LogP contribution in [-0.4, -0.2) is 43.0 Å². The van der Waals surface area contributed by atoms with Crippen molar-refractivity contribution < 1.29 is 0 Å². The first-order chi connectivity index (χ1) is 14.2. The van der Waals surface area contributed by atoms with E-state index in [4.69, 9.17) is 11.6 Å². The highest BCUT2D eigenvalue weighted by molar-refractivity contribution is 7.19. The van der Waals surface area contributed by atoms with E-state index in [0.717, 1.165) is 46.6 Å². The first-order valence-electron chi connectivity index (χ1n) is 9.49. The van der Waals surface area contributed by atoms with Crippen LogP contribution in [0.5, 0.6) is 0 Å². The Bertz CT molecular complexity index is 1090. The Morgan fingerprint density at radius 1 is 1.24 bits per heavy atom. The van der Waals surface area contributed by atoms with E-state index >= 15 is 0 Å². The lowest BCUT2D eigenvalue weighted by Crippen LogP contribution is -2.31. The van der Waals surface area contributed by atoms with Crippen molar-refractivity contribution in [3.8, 4) is 11.3 Å². The van der Waals surface area contributed by atoms with Gasteiger partial charge in [-0.05, 0) is 32.0 Å². The molecule has 6 N–H and O–H groups in total. The van der Waals surface area contributed by atoms with Crippen molar-refractivity contribution in [1.82, 2.24) is 35.3 Å². The quantitative estimate of drug-likeness (QED) is 0.288. The van der Waals surface area contributed by atoms with Crippen molar-refractivity contribution in [3.05, 3.63) is 35.7 Å². The smallest absolute Gasteiger partial charge is 0.186 e. The predicted octanol–water partition coefficient (Wildman–Crippen LogP) is 1.66. The normalized spacial score (nSPS) is 15.2. The van der Waals surface area contributed by atoms with E-state index in [2.05, 4.69) is 30.6 Å². The zero-order chi connectivity index (χ0) is 19.8. The fraction of sp³-hybridized carbons (Fsp3) is 0.333. The molecule has 0 bridgehead atoms. The molecule has 5 rings (SSSR count). The molecule has 0 aliphatic carbocycles. The van der Waals surface area contributed by atoms with Crippen molar-refractivity contribution >= 4 is 33.2 Å². The lowest BCUT2D eigenvalue weighted by molar-refractivity contribution is 0.343. The van der Waals surface area contributed by atoms with Gasteiger partial charge in [-0.2, -0.15) is 10.2 Å². The molecule has 0 aromatic carbocycles. The van der Waals surface area contributed by atoms with Gasteiger partial charge >= 0.3 is 0 Å². The second kappa shape index (κ2) is 7.43. The molecule has 0 atom stereocenters. The van der Waals surface area contributed by atoms with E-state index in [0.29, 0.717) is 29.9 Å². The minimum Gasteiger partial charge on any atom is -0.381 e. The Hall–Kier alpha value is -3.02.